The minimum atomic E-state index is -4.70. The molecule has 3 heterocycles. The van der Waals surface area contributed by atoms with Crippen LogP contribution in [0.15, 0.2) is 76.6 Å². The number of nitrogens with zero attached hydrogens (tertiary/aromatic N) is 2. The van der Waals surface area contributed by atoms with E-state index >= 15 is 0 Å². The van der Waals surface area contributed by atoms with Gasteiger partial charge in [0.2, 0.25) is 17.7 Å². The molecule has 1 aromatic heterocycles. The van der Waals surface area contributed by atoms with Crippen LogP contribution >= 0.6 is 34.7 Å². The number of carbonyl (C=O) groups is 3. The highest BCUT2D eigenvalue weighted by atomic mass is 35.5. The van der Waals surface area contributed by atoms with Crippen LogP contribution in [0.3, 0.4) is 0 Å². The zero-order valence-corrected chi connectivity index (χ0v) is 26.4. The van der Waals surface area contributed by atoms with Gasteiger partial charge in [0.1, 0.15) is 11.8 Å². The number of thiazole rings is 1. The summed E-state index contributed by atoms with van der Waals surface area (Å²) in [7, 11) is 2.89. The molecule has 0 saturated carbocycles. The standard InChI is InChI=1S/C31H23ClF3N3O6S2/c1-43-20-11-6-15(12-21(20)44-2)23-24-25(28(41)38(27(24)40)19-5-3-4-16(13-19)31(33,34)35)45-29-26(23)46-30(42)37(29)14-22(39)36-18-9-7-17(32)8-10-18/h3-13,23-25H,14H2,1-2H3,(H,36,39)/t23-,24?,25?/m0/s1. The van der Waals surface area contributed by atoms with Crippen LogP contribution in [0.25, 0.3) is 0 Å². The van der Waals surface area contributed by atoms with Gasteiger partial charge in [-0.1, -0.05) is 46.8 Å². The van der Waals surface area contributed by atoms with Gasteiger partial charge in [0, 0.05) is 21.5 Å². The second-order valence-electron chi connectivity index (χ2n) is 10.4. The highest BCUT2D eigenvalue weighted by molar-refractivity contribution is 8.00. The number of imide groups is 1. The number of anilines is 2. The second-order valence-corrected chi connectivity index (χ2v) is 13.0. The Morgan fingerprint density at radius 2 is 1.67 bits per heavy atom. The van der Waals surface area contributed by atoms with E-state index in [9.17, 15) is 32.3 Å². The monoisotopic (exact) mass is 689 g/mol. The van der Waals surface area contributed by atoms with Crippen molar-refractivity contribution in [3.05, 3.63) is 97.4 Å². The zero-order valence-electron chi connectivity index (χ0n) is 24.0. The largest absolute Gasteiger partial charge is 0.493 e. The van der Waals surface area contributed by atoms with Crippen LogP contribution in [0.2, 0.25) is 5.02 Å². The molecule has 46 heavy (non-hydrogen) atoms. The molecule has 15 heteroatoms. The number of aromatic nitrogens is 1. The van der Waals surface area contributed by atoms with Gasteiger partial charge in [0.25, 0.3) is 0 Å². The van der Waals surface area contributed by atoms with Gasteiger partial charge in [0.15, 0.2) is 11.5 Å². The molecule has 3 aromatic carbocycles. The van der Waals surface area contributed by atoms with Crippen LogP contribution in [-0.2, 0) is 27.1 Å². The topological polar surface area (TPSA) is 107 Å². The summed E-state index contributed by atoms with van der Waals surface area (Å²) < 4.78 is 52.7. The number of ether oxygens (including phenoxy) is 2. The molecular formula is C31H23ClF3N3O6S2. The van der Waals surface area contributed by atoms with Crippen molar-refractivity contribution in [3.63, 3.8) is 0 Å². The van der Waals surface area contributed by atoms with E-state index < -0.39 is 58.0 Å². The van der Waals surface area contributed by atoms with Crippen LogP contribution in [0.5, 0.6) is 11.5 Å². The predicted octanol–water partition coefficient (Wildman–Crippen LogP) is 6.03. The van der Waals surface area contributed by atoms with E-state index in [2.05, 4.69) is 5.32 Å². The fourth-order valence-electron chi connectivity index (χ4n) is 5.61. The molecule has 2 aliphatic heterocycles. The number of nitrogens with one attached hydrogen (secondary N) is 1. The van der Waals surface area contributed by atoms with Crippen molar-refractivity contribution >= 4 is 63.8 Å². The lowest BCUT2D eigenvalue weighted by atomic mass is 9.83. The molecule has 0 aliphatic carbocycles. The van der Waals surface area contributed by atoms with Crippen LogP contribution in [0.1, 0.15) is 21.9 Å². The molecule has 0 bridgehead atoms. The Balaban J connectivity index is 1.44. The van der Waals surface area contributed by atoms with E-state index in [1.165, 1.54) is 24.9 Å². The number of rotatable bonds is 7. The van der Waals surface area contributed by atoms with Crippen molar-refractivity contribution in [3.8, 4) is 11.5 Å². The Bertz CT molecular complexity index is 1930. The molecular weight excluding hydrogens is 667 g/mol. The maximum absolute atomic E-state index is 14.1. The molecule has 0 spiro atoms. The third-order valence-corrected chi connectivity index (χ3v) is 10.5. The number of hydrogen-bond donors (Lipinski definition) is 1. The Hall–Kier alpha value is -4.27. The van der Waals surface area contributed by atoms with Crippen molar-refractivity contribution < 1.29 is 37.0 Å². The van der Waals surface area contributed by atoms with E-state index in [1.807, 2.05) is 0 Å². The molecule has 6 rings (SSSR count). The molecule has 3 amide bonds. The van der Waals surface area contributed by atoms with Gasteiger partial charge >= 0.3 is 11.0 Å². The molecule has 3 atom stereocenters. The summed E-state index contributed by atoms with van der Waals surface area (Å²) in [5.74, 6) is -3.17. The van der Waals surface area contributed by atoms with Gasteiger partial charge in [-0.25, -0.2) is 4.90 Å². The predicted molar refractivity (Wildman–Crippen MR) is 167 cm³/mol. The molecule has 1 fully saturated rings. The molecule has 9 nitrogen and oxygen atoms in total. The van der Waals surface area contributed by atoms with Crippen molar-refractivity contribution in [2.75, 3.05) is 24.4 Å². The molecule has 1 N–H and O–H groups in total. The number of fused-ring (bicyclic) bond motifs is 2. The van der Waals surface area contributed by atoms with E-state index in [0.29, 0.717) is 37.7 Å². The first-order valence-electron chi connectivity index (χ1n) is 13.6. The van der Waals surface area contributed by atoms with Crippen LogP contribution in [0, 0.1) is 5.92 Å². The van der Waals surface area contributed by atoms with Gasteiger partial charge in [0.05, 0.1) is 36.4 Å². The Morgan fingerprint density at radius 3 is 2.35 bits per heavy atom. The summed E-state index contributed by atoms with van der Waals surface area (Å²) in [5.41, 5.74) is -0.255. The second kappa shape index (κ2) is 12.2. The van der Waals surface area contributed by atoms with Gasteiger partial charge in [-0.3, -0.25) is 23.7 Å². The fourth-order valence-corrected chi connectivity index (χ4v) is 8.51. The van der Waals surface area contributed by atoms with E-state index in [0.717, 1.165) is 46.2 Å². The quantitative estimate of drug-likeness (QED) is 0.236. The van der Waals surface area contributed by atoms with Crippen molar-refractivity contribution in [1.82, 2.24) is 4.57 Å². The molecule has 2 aliphatic rings. The molecule has 238 valence electrons. The first-order valence-corrected chi connectivity index (χ1v) is 15.7. The number of hydrogen-bond acceptors (Lipinski definition) is 8. The summed E-state index contributed by atoms with van der Waals surface area (Å²) in [5, 5.41) is 2.39. The average Bonchev–Trinajstić information content (AvgIpc) is 3.47. The number of amides is 3. The van der Waals surface area contributed by atoms with Crippen LogP contribution in [0.4, 0.5) is 24.5 Å². The van der Waals surface area contributed by atoms with Crippen molar-refractivity contribution in [1.29, 1.82) is 0 Å². The molecule has 1 saturated heterocycles. The highest BCUT2D eigenvalue weighted by Gasteiger charge is 2.57. The van der Waals surface area contributed by atoms with E-state index in [1.54, 1.807) is 42.5 Å². The first kappa shape index (κ1) is 31.7. The number of alkyl halides is 3. The van der Waals surface area contributed by atoms with E-state index in [-0.39, 0.29) is 5.69 Å². The normalized spacial score (nSPS) is 19.1. The fraction of sp³-hybridized carbons (Fsp3) is 0.226. The third-order valence-electron chi connectivity index (χ3n) is 7.68. The summed E-state index contributed by atoms with van der Waals surface area (Å²) in [4.78, 5) is 55.1. The van der Waals surface area contributed by atoms with Crippen LogP contribution < -0.4 is 24.6 Å². The number of methoxy groups -OCH3 is 2. The zero-order chi connectivity index (χ0) is 32.9. The lowest BCUT2D eigenvalue weighted by Crippen LogP contribution is -2.33. The Kier molecular flexibility index (Phi) is 8.38. The van der Waals surface area contributed by atoms with Gasteiger partial charge < -0.3 is 14.8 Å². The summed E-state index contributed by atoms with van der Waals surface area (Å²) in [6, 6.07) is 15.3. The van der Waals surface area contributed by atoms with Gasteiger partial charge in [-0.05, 0) is 60.2 Å². The smallest absolute Gasteiger partial charge is 0.416 e. The minimum Gasteiger partial charge on any atom is -0.493 e. The van der Waals surface area contributed by atoms with Crippen molar-refractivity contribution in [2.45, 2.75) is 28.9 Å². The number of benzene rings is 3. The number of halogens is 4. The molecule has 2 unspecified atom stereocenters. The average molecular weight is 690 g/mol. The maximum atomic E-state index is 14.1. The Labute approximate surface area is 272 Å². The lowest BCUT2D eigenvalue weighted by molar-refractivity contribution is -0.137. The molecule has 4 aromatic rings. The minimum absolute atomic E-state index is 0.214. The van der Waals surface area contributed by atoms with Crippen molar-refractivity contribution in [2.24, 2.45) is 5.92 Å². The lowest BCUT2D eigenvalue weighted by Gasteiger charge is -2.31. The summed E-state index contributed by atoms with van der Waals surface area (Å²) in [6.07, 6.45) is -4.70. The summed E-state index contributed by atoms with van der Waals surface area (Å²) >= 11 is 7.71. The van der Waals surface area contributed by atoms with Gasteiger partial charge in [-0.2, -0.15) is 13.2 Å². The number of thioether (sulfide) groups is 1. The van der Waals surface area contributed by atoms with E-state index in [4.69, 9.17) is 21.1 Å². The van der Waals surface area contributed by atoms with Gasteiger partial charge in [-0.15, -0.1) is 0 Å². The first-order chi connectivity index (χ1) is 21.9. The third kappa shape index (κ3) is 5.65. The summed E-state index contributed by atoms with van der Waals surface area (Å²) in [6.45, 7) is -0.393. The molecule has 0 radical (unpaired) electrons. The highest BCUT2D eigenvalue weighted by Crippen LogP contribution is 2.54. The SMILES string of the molecule is COc1ccc([C@@H]2c3sc(=O)n(CC(=O)Nc4ccc(Cl)cc4)c3SC3C(=O)N(c4cccc(C(F)(F)F)c4)C(=O)C32)cc1OC. The Morgan fingerprint density at radius 1 is 0.957 bits per heavy atom. The maximum Gasteiger partial charge on any atom is 0.416 e. The number of carbonyl (C=O) groups excluding carboxylic acids is 3. The van der Waals surface area contributed by atoms with Crippen LogP contribution in [-0.4, -0.2) is 41.8 Å².